The second-order valence-electron chi connectivity index (χ2n) is 5.40. The maximum atomic E-state index is 12.9. The van der Waals surface area contributed by atoms with Crippen molar-refractivity contribution >= 4 is 27.8 Å². The minimum Gasteiger partial charge on any atom is -0.489 e. The summed E-state index contributed by atoms with van der Waals surface area (Å²) in [6.07, 6.45) is -4.23. The van der Waals surface area contributed by atoms with Crippen LogP contribution in [0.5, 0.6) is 5.75 Å². The van der Waals surface area contributed by atoms with E-state index in [4.69, 9.17) is 4.74 Å². The third-order valence-corrected chi connectivity index (χ3v) is 5.56. The lowest BCUT2D eigenvalue weighted by Crippen LogP contribution is -2.38. The fraction of sp³-hybridized carbons (Fsp3) is 0.188. The molecule has 0 saturated heterocycles. The molecule has 1 heterocycles. The van der Waals surface area contributed by atoms with Crippen molar-refractivity contribution in [1.82, 2.24) is 0 Å². The number of halogens is 3. The SMILES string of the molecule is O=CNc1ccc2c(c1)N(S(=O)(=O)c1cccc(C(F)(F)F)c1)CCO2. The first-order chi connectivity index (χ1) is 12.2. The Bertz CT molecular complexity index is 945. The summed E-state index contributed by atoms with van der Waals surface area (Å²) in [7, 11) is -4.25. The summed E-state index contributed by atoms with van der Waals surface area (Å²) < 4.78 is 70.9. The quantitative estimate of drug-likeness (QED) is 0.820. The van der Waals surface area contributed by atoms with Crippen molar-refractivity contribution in [3.05, 3.63) is 48.0 Å². The number of rotatable bonds is 4. The lowest BCUT2D eigenvalue weighted by Gasteiger charge is -2.31. The molecule has 0 aromatic heterocycles. The molecule has 2 aromatic carbocycles. The maximum absolute atomic E-state index is 12.9. The molecule has 0 unspecified atom stereocenters. The first-order valence-electron chi connectivity index (χ1n) is 7.40. The monoisotopic (exact) mass is 386 g/mol. The van der Waals surface area contributed by atoms with E-state index < -0.39 is 26.7 Å². The maximum Gasteiger partial charge on any atom is 0.416 e. The van der Waals surface area contributed by atoms with Crippen LogP contribution in [0.15, 0.2) is 47.4 Å². The highest BCUT2D eigenvalue weighted by atomic mass is 32.2. The van der Waals surface area contributed by atoms with E-state index in [1.165, 1.54) is 18.2 Å². The van der Waals surface area contributed by atoms with E-state index in [0.29, 0.717) is 18.2 Å². The first-order valence-corrected chi connectivity index (χ1v) is 8.84. The molecule has 1 N–H and O–H groups in total. The number of nitrogens with one attached hydrogen (secondary N) is 1. The van der Waals surface area contributed by atoms with Gasteiger partial charge in [-0.1, -0.05) is 6.07 Å². The van der Waals surface area contributed by atoms with Gasteiger partial charge in [0.15, 0.2) is 0 Å². The van der Waals surface area contributed by atoms with E-state index in [0.717, 1.165) is 22.5 Å². The van der Waals surface area contributed by atoms with E-state index in [1.807, 2.05) is 0 Å². The molecular weight excluding hydrogens is 373 g/mol. The lowest BCUT2D eigenvalue weighted by atomic mass is 10.2. The molecule has 2 aromatic rings. The van der Waals surface area contributed by atoms with Crippen LogP contribution in [0.2, 0.25) is 0 Å². The number of nitrogens with zero attached hydrogens (tertiary/aromatic N) is 1. The van der Waals surface area contributed by atoms with Crippen LogP contribution < -0.4 is 14.4 Å². The molecule has 0 aliphatic carbocycles. The van der Waals surface area contributed by atoms with Gasteiger partial charge in [0.25, 0.3) is 10.0 Å². The third-order valence-electron chi connectivity index (χ3n) is 3.75. The van der Waals surface area contributed by atoms with E-state index in [-0.39, 0.29) is 24.6 Å². The summed E-state index contributed by atoms with van der Waals surface area (Å²) in [5.41, 5.74) is -0.586. The summed E-state index contributed by atoms with van der Waals surface area (Å²) in [5, 5.41) is 2.39. The van der Waals surface area contributed by atoms with Gasteiger partial charge < -0.3 is 10.1 Å². The molecular formula is C16H13F3N2O4S. The van der Waals surface area contributed by atoms with Crippen molar-refractivity contribution < 1.29 is 31.1 Å². The number of amides is 1. The average Bonchev–Trinajstić information content (AvgIpc) is 2.61. The molecule has 10 heteroatoms. The van der Waals surface area contributed by atoms with E-state index in [1.54, 1.807) is 0 Å². The average molecular weight is 386 g/mol. The molecule has 0 atom stereocenters. The van der Waals surface area contributed by atoms with Crippen LogP contribution in [0.4, 0.5) is 24.5 Å². The van der Waals surface area contributed by atoms with Crippen molar-refractivity contribution in [3.8, 4) is 5.75 Å². The number of hydrogen-bond donors (Lipinski definition) is 1. The van der Waals surface area contributed by atoms with Gasteiger partial charge in [0.05, 0.1) is 22.7 Å². The first kappa shape index (κ1) is 18.1. The van der Waals surface area contributed by atoms with Crippen LogP contribution in [0.25, 0.3) is 0 Å². The van der Waals surface area contributed by atoms with E-state index >= 15 is 0 Å². The van der Waals surface area contributed by atoms with Gasteiger partial charge in [-0.05, 0) is 36.4 Å². The van der Waals surface area contributed by atoms with Crippen LogP contribution >= 0.6 is 0 Å². The molecule has 6 nitrogen and oxygen atoms in total. The molecule has 0 spiro atoms. The number of ether oxygens (including phenoxy) is 1. The molecule has 1 aliphatic rings. The van der Waals surface area contributed by atoms with E-state index in [9.17, 15) is 26.4 Å². The largest absolute Gasteiger partial charge is 0.489 e. The van der Waals surface area contributed by atoms with Gasteiger partial charge in [0.1, 0.15) is 12.4 Å². The Morgan fingerprint density at radius 1 is 1.15 bits per heavy atom. The topological polar surface area (TPSA) is 75.7 Å². The number of carbonyl (C=O) groups excluding carboxylic acids is 1. The third kappa shape index (κ3) is 3.32. The molecule has 26 heavy (non-hydrogen) atoms. The molecule has 1 aliphatic heterocycles. The Balaban J connectivity index is 2.07. The highest BCUT2D eigenvalue weighted by molar-refractivity contribution is 7.92. The van der Waals surface area contributed by atoms with Crippen LogP contribution in [-0.2, 0) is 21.0 Å². The van der Waals surface area contributed by atoms with Crippen molar-refractivity contribution in [3.63, 3.8) is 0 Å². The second kappa shape index (κ2) is 6.52. The summed E-state index contributed by atoms with van der Waals surface area (Å²) in [6, 6.07) is 7.93. The highest BCUT2D eigenvalue weighted by Gasteiger charge is 2.34. The molecule has 0 saturated carbocycles. The minimum absolute atomic E-state index is 0.0473. The van der Waals surface area contributed by atoms with Crippen molar-refractivity contribution in [2.75, 3.05) is 22.8 Å². The zero-order chi connectivity index (χ0) is 18.9. The molecule has 3 rings (SSSR count). The predicted octanol–water partition coefficient (Wildman–Crippen LogP) is 2.86. The van der Waals surface area contributed by atoms with Crippen LogP contribution in [-0.4, -0.2) is 28.0 Å². The zero-order valence-electron chi connectivity index (χ0n) is 13.2. The number of fused-ring (bicyclic) bond motifs is 1. The summed E-state index contributed by atoms with van der Waals surface area (Å²) in [5.74, 6) is 0.253. The standard InChI is InChI=1S/C16H13F3N2O4S/c17-16(18,19)11-2-1-3-13(8-11)26(23,24)21-6-7-25-15-5-4-12(20-10-22)9-14(15)21/h1-5,8-10H,6-7H2,(H,20,22). The van der Waals surface area contributed by atoms with Gasteiger partial charge in [-0.2, -0.15) is 13.2 Å². The Hall–Kier alpha value is -2.75. The normalized spacial score (nSPS) is 14.3. The Kier molecular flexibility index (Phi) is 4.53. The fourth-order valence-corrected chi connectivity index (χ4v) is 4.06. The molecule has 138 valence electrons. The van der Waals surface area contributed by atoms with Crippen LogP contribution in [0.3, 0.4) is 0 Å². The zero-order valence-corrected chi connectivity index (χ0v) is 14.0. The fourth-order valence-electron chi connectivity index (χ4n) is 2.56. The molecule has 0 bridgehead atoms. The van der Waals surface area contributed by atoms with Crippen LogP contribution in [0, 0.1) is 0 Å². The van der Waals surface area contributed by atoms with Gasteiger partial charge in [-0.15, -0.1) is 0 Å². The second-order valence-corrected chi connectivity index (χ2v) is 7.26. The molecule has 1 amide bonds. The number of alkyl halides is 3. The van der Waals surface area contributed by atoms with Gasteiger partial charge in [-0.3, -0.25) is 9.10 Å². The van der Waals surface area contributed by atoms with Gasteiger partial charge >= 0.3 is 6.18 Å². The number of sulfonamides is 1. The molecule has 0 fully saturated rings. The number of hydrogen-bond acceptors (Lipinski definition) is 4. The predicted molar refractivity (Wildman–Crippen MR) is 87.6 cm³/mol. The summed E-state index contributed by atoms with van der Waals surface area (Å²) in [4.78, 5) is 10.1. The Morgan fingerprint density at radius 2 is 1.92 bits per heavy atom. The van der Waals surface area contributed by atoms with Gasteiger partial charge in [-0.25, -0.2) is 8.42 Å². The smallest absolute Gasteiger partial charge is 0.416 e. The van der Waals surface area contributed by atoms with E-state index in [2.05, 4.69) is 5.32 Å². The van der Waals surface area contributed by atoms with Gasteiger partial charge in [0.2, 0.25) is 6.41 Å². The Morgan fingerprint density at radius 3 is 2.62 bits per heavy atom. The Labute approximate surface area is 147 Å². The molecule has 0 radical (unpaired) electrons. The number of anilines is 2. The van der Waals surface area contributed by atoms with Crippen molar-refractivity contribution in [1.29, 1.82) is 0 Å². The van der Waals surface area contributed by atoms with Crippen LogP contribution in [0.1, 0.15) is 5.56 Å². The van der Waals surface area contributed by atoms with Crippen molar-refractivity contribution in [2.24, 2.45) is 0 Å². The summed E-state index contributed by atoms with van der Waals surface area (Å²) >= 11 is 0. The number of benzene rings is 2. The number of carbonyl (C=O) groups is 1. The summed E-state index contributed by atoms with van der Waals surface area (Å²) in [6.45, 7) is -0.0260. The highest BCUT2D eigenvalue weighted by Crippen LogP contribution is 2.38. The van der Waals surface area contributed by atoms with Gasteiger partial charge in [0, 0.05) is 5.69 Å². The van der Waals surface area contributed by atoms with Crippen molar-refractivity contribution in [2.45, 2.75) is 11.1 Å². The minimum atomic E-state index is -4.66. The lowest BCUT2D eigenvalue weighted by molar-refractivity contribution is -0.137.